The van der Waals surface area contributed by atoms with Crippen molar-refractivity contribution in [2.45, 2.75) is 32.7 Å². The Bertz CT molecular complexity index is 1150. The number of ether oxygens (including phenoxy) is 1. The van der Waals surface area contributed by atoms with Crippen LogP contribution in [0.2, 0.25) is 0 Å². The Hall–Kier alpha value is -3.64. The van der Waals surface area contributed by atoms with E-state index in [0.717, 1.165) is 37.2 Å². The number of carbonyl (C=O) groups excluding carboxylic acids is 2. The molecule has 1 aliphatic rings. The van der Waals surface area contributed by atoms with Gasteiger partial charge in [-0.2, -0.15) is 0 Å². The first-order valence-electron chi connectivity index (χ1n) is 12.3. The fourth-order valence-electron chi connectivity index (χ4n) is 4.37. The van der Waals surface area contributed by atoms with Crippen molar-refractivity contribution >= 4 is 23.2 Å². The lowest BCUT2D eigenvalue weighted by Crippen LogP contribution is -2.33. The first kappa shape index (κ1) is 24.5. The summed E-state index contributed by atoms with van der Waals surface area (Å²) in [6.45, 7) is 5.36. The third-order valence-electron chi connectivity index (χ3n) is 6.16. The number of nitrogens with zero attached hydrogens (tertiary/aromatic N) is 1. The zero-order chi connectivity index (χ0) is 24.5. The molecule has 2 N–H and O–H groups in total. The number of anilines is 2. The first-order chi connectivity index (χ1) is 17.1. The summed E-state index contributed by atoms with van der Waals surface area (Å²) < 4.78 is 5.38. The summed E-state index contributed by atoms with van der Waals surface area (Å²) in [6, 6.07) is 23.7. The second-order valence-electron chi connectivity index (χ2n) is 8.69. The van der Waals surface area contributed by atoms with Crippen LogP contribution in [-0.2, 0) is 28.9 Å². The van der Waals surface area contributed by atoms with Crippen LogP contribution in [0.25, 0.3) is 0 Å². The van der Waals surface area contributed by atoms with Crippen LogP contribution in [0.1, 0.15) is 40.4 Å². The number of benzene rings is 3. The van der Waals surface area contributed by atoms with Gasteiger partial charge < -0.3 is 20.3 Å². The molecule has 6 nitrogen and oxygen atoms in total. The molecule has 35 heavy (non-hydrogen) atoms. The fraction of sp³-hybridized carbons (Fsp3) is 0.310. The van der Waals surface area contributed by atoms with Crippen molar-refractivity contribution in [1.29, 1.82) is 0 Å². The lowest BCUT2D eigenvalue weighted by Gasteiger charge is -2.32. The Morgan fingerprint density at radius 1 is 0.971 bits per heavy atom. The predicted molar refractivity (Wildman–Crippen MR) is 140 cm³/mol. The number of nitrogens with one attached hydrogen (secondary N) is 2. The Kier molecular flexibility index (Phi) is 8.52. The highest BCUT2D eigenvalue weighted by Crippen LogP contribution is 2.29. The highest BCUT2D eigenvalue weighted by Gasteiger charge is 2.22. The third kappa shape index (κ3) is 6.70. The lowest BCUT2D eigenvalue weighted by atomic mass is 9.98. The van der Waals surface area contributed by atoms with Crippen LogP contribution in [0.3, 0.4) is 0 Å². The van der Waals surface area contributed by atoms with Gasteiger partial charge >= 0.3 is 0 Å². The van der Waals surface area contributed by atoms with E-state index in [0.29, 0.717) is 31.0 Å². The Labute approximate surface area is 207 Å². The van der Waals surface area contributed by atoms with Crippen molar-refractivity contribution < 1.29 is 14.3 Å². The van der Waals surface area contributed by atoms with Gasteiger partial charge in [0.2, 0.25) is 5.91 Å². The SMILES string of the molecule is CCOCCCNC(=O)c1cc(NC(=O)Cc2ccccc2)ccc1N1CCc2ccccc2C1. The van der Waals surface area contributed by atoms with Gasteiger partial charge in [-0.3, -0.25) is 9.59 Å². The van der Waals surface area contributed by atoms with Gasteiger partial charge in [0.05, 0.1) is 12.0 Å². The molecule has 2 amide bonds. The molecule has 0 aliphatic carbocycles. The van der Waals surface area contributed by atoms with Gasteiger partial charge in [-0.1, -0.05) is 54.6 Å². The zero-order valence-corrected chi connectivity index (χ0v) is 20.3. The molecule has 0 aromatic heterocycles. The minimum Gasteiger partial charge on any atom is -0.382 e. The molecule has 0 spiro atoms. The van der Waals surface area contributed by atoms with E-state index in [1.165, 1.54) is 11.1 Å². The van der Waals surface area contributed by atoms with Crippen molar-refractivity contribution in [3.05, 3.63) is 95.1 Å². The maximum absolute atomic E-state index is 13.2. The fourth-order valence-corrected chi connectivity index (χ4v) is 4.37. The highest BCUT2D eigenvalue weighted by molar-refractivity contribution is 6.02. The van der Waals surface area contributed by atoms with Gasteiger partial charge in [0.15, 0.2) is 0 Å². The summed E-state index contributed by atoms with van der Waals surface area (Å²) in [7, 11) is 0. The van der Waals surface area contributed by atoms with Crippen molar-refractivity contribution in [1.82, 2.24) is 5.32 Å². The van der Waals surface area contributed by atoms with E-state index in [-0.39, 0.29) is 18.2 Å². The van der Waals surface area contributed by atoms with E-state index in [1.807, 2.05) is 49.4 Å². The molecule has 0 unspecified atom stereocenters. The van der Waals surface area contributed by atoms with E-state index < -0.39 is 0 Å². The Balaban J connectivity index is 1.52. The molecular weight excluding hydrogens is 438 g/mol. The summed E-state index contributed by atoms with van der Waals surface area (Å²) in [4.78, 5) is 28.1. The van der Waals surface area contributed by atoms with Crippen molar-refractivity contribution in [3.63, 3.8) is 0 Å². The van der Waals surface area contributed by atoms with Crippen LogP contribution < -0.4 is 15.5 Å². The second kappa shape index (κ2) is 12.2. The van der Waals surface area contributed by atoms with Crippen LogP contribution in [0.5, 0.6) is 0 Å². The number of hydrogen-bond donors (Lipinski definition) is 2. The van der Waals surface area contributed by atoms with Gasteiger partial charge in [0.25, 0.3) is 5.91 Å². The highest BCUT2D eigenvalue weighted by atomic mass is 16.5. The standard InChI is InChI=1S/C29H33N3O3/c1-2-35-18-8-16-30-29(34)26-20-25(31-28(33)19-22-9-4-3-5-10-22)13-14-27(26)32-17-15-23-11-6-7-12-24(23)21-32/h3-7,9-14,20H,2,8,15-19,21H2,1H3,(H,30,34)(H,31,33). The van der Waals surface area contributed by atoms with Crippen molar-refractivity contribution in [3.8, 4) is 0 Å². The second-order valence-corrected chi connectivity index (χ2v) is 8.69. The maximum atomic E-state index is 13.2. The predicted octanol–water partition coefficient (Wildman–Crippen LogP) is 4.59. The topological polar surface area (TPSA) is 70.7 Å². The Morgan fingerprint density at radius 3 is 2.54 bits per heavy atom. The summed E-state index contributed by atoms with van der Waals surface area (Å²) in [5.41, 5.74) is 5.64. The molecular formula is C29H33N3O3. The number of hydrogen-bond acceptors (Lipinski definition) is 4. The van der Waals surface area contributed by atoms with Gasteiger partial charge in [-0.15, -0.1) is 0 Å². The number of fused-ring (bicyclic) bond motifs is 1. The van der Waals surface area contributed by atoms with Gasteiger partial charge in [0.1, 0.15) is 0 Å². The van der Waals surface area contributed by atoms with E-state index in [4.69, 9.17) is 4.74 Å². The minimum atomic E-state index is -0.144. The normalized spacial score (nSPS) is 12.7. The van der Waals surface area contributed by atoms with Crippen LogP contribution in [0.4, 0.5) is 11.4 Å². The van der Waals surface area contributed by atoms with E-state index in [2.05, 4.69) is 39.8 Å². The van der Waals surface area contributed by atoms with Gasteiger partial charge in [-0.05, 0) is 54.7 Å². The molecule has 0 bridgehead atoms. The summed E-state index contributed by atoms with van der Waals surface area (Å²) in [5.74, 6) is -0.256. The number of carbonyl (C=O) groups is 2. The lowest BCUT2D eigenvalue weighted by molar-refractivity contribution is -0.115. The molecule has 3 aromatic carbocycles. The number of amides is 2. The molecule has 1 heterocycles. The quantitative estimate of drug-likeness (QED) is 0.425. The van der Waals surface area contributed by atoms with E-state index in [9.17, 15) is 9.59 Å². The van der Waals surface area contributed by atoms with E-state index >= 15 is 0 Å². The summed E-state index contributed by atoms with van der Waals surface area (Å²) >= 11 is 0. The van der Waals surface area contributed by atoms with Crippen LogP contribution in [-0.4, -0.2) is 38.1 Å². The third-order valence-corrected chi connectivity index (χ3v) is 6.16. The molecule has 0 fully saturated rings. The summed E-state index contributed by atoms with van der Waals surface area (Å²) in [5, 5.41) is 5.98. The van der Waals surface area contributed by atoms with Crippen LogP contribution in [0.15, 0.2) is 72.8 Å². The molecule has 0 atom stereocenters. The van der Waals surface area contributed by atoms with Crippen LogP contribution >= 0.6 is 0 Å². The van der Waals surface area contributed by atoms with Crippen LogP contribution in [0, 0.1) is 0 Å². The minimum absolute atomic E-state index is 0.112. The van der Waals surface area contributed by atoms with Crippen molar-refractivity contribution in [2.75, 3.05) is 36.5 Å². The van der Waals surface area contributed by atoms with Gasteiger partial charge in [-0.25, -0.2) is 0 Å². The molecule has 0 saturated carbocycles. The number of rotatable bonds is 10. The molecule has 6 heteroatoms. The first-order valence-corrected chi connectivity index (χ1v) is 12.3. The molecule has 0 saturated heterocycles. The van der Waals surface area contributed by atoms with E-state index in [1.54, 1.807) is 6.07 Å². The molecule has 3 aromatic rings. The maximum Gasteiger partial charge on any atom is 0.253 e. The molecule has 0 radical (unpaired) electrons. The van der Waals surface area contributed by atoms with Crippen molar-refractivity contribution in [2.24, 2.45) is 0 Å². The Morgan fingerprint density at radius 2 is 1.74 bits per heavy atom. The zero-order valence-electron chi connectivity index (χ0n) is 20.3. The molecule has 4 rings (SSSR count). The average molecular weight is 472 g/mol. The smallest absolute Gasteiger partial charge is 0.253 e. The summed E-state index contributed by atoms with van der Waals surface area (Å²) in [6.07, 6.45) is 1.96. The average Bonchev–Trinajstić information content (AvgIpc) is 2.88. The monoisotopic (exact) mass is 471 g/mol. The molecule has 1 aliphatic heterocycles. The van der Waals surface area contributed by atoms with Gasteiger partial charge in [0, 0.05) is 44.2 Å². The molecule has 182 valence electrons. The largest absolute Gasteiger partial charge is 0.382 e.